The Kier molecular flexibility index (Phi) is 9.82. The van der Waals surface area contributed by atoms with Crippen molar-refractivity contribution in [1.29, 1.82) is 0 Å². The number of alkyl halides is 3. The number of sulfonamides is 1. The monoisotopic (exact) mass is 415 g/mol. The van der Waals surface area contributed by atoms with Gasteiger partial charge in [-0.05, 0) is 45.8 Å². The Balaban J connectivity index is 2.51. The molecule has 27 heavy (non-hydrogen) atoms. The number of hydrogen-bond donors (Lipinski definition) is 2. The molecule has 7 nitrogen and oxygen atoms in total. The highest BCUT2D eigenvalue weighted by Crippen LogP contribution is 2.28. The highest BCUT2D eigenvalue weighted by atomic mass is 32.2. The first-order valence-electron chi connectivity index (χ1n) is 9.49. The van der Waals surface area contributed by atoms with E-state index >= 15 is 0 Å². The molecule has 0 aromatic carbocycles. The summed E-state index contributed by atoms with van der Waals surface area (Å²) in [6.45, 7) is 10.1. The quantitative estimate of drug-likeness (QED) is 0.340. The van der Waals surface area contributed by atoms with Gasteiger partial charge in [0.2, 0.25) is 0 Å². The second kappa shape index (κ2) is 11.1. The lowest BCUT2D eigenvalue weighted by molar-refractivity contribution is -0.0494. The van der Waals surface area contributed by atoms with Crippen LogP contribution in [0.15, 0.2) is 4.99 Å². The Morgan fingerprint density at radius 1 is 1.19 bits per heavy atom. The molecule has 1 fully saturated rings. The number of piperidine rings is 1. The highest BCUT2D eigenvalue weighted by Gasteiger charge is 2.50. The Morgan fingerprint density at radius 3 is 2.26 bits per heavy atom. The minimum atomic E-state index is -5.24. The van der Waals surface area contributed by atoms with Crippen LogP contribution in [0.25, 0.3) is 0 Å². The van der Waals surface area contributed by atoms with E-state index in [1.165, 1.54) is 0 Å². The van der Waals surface area contributed by atoms with Crippen LogP contribution in [-0.2, 0) is 10.0 Å². The van der Waals surface area contributed by atoms with Gasteiger partial charge in [0, 0.05) is 32.2 Å². The fourth-order valence-corrected chi connectivity index (χ4v) is 3.91. The lowest BCUT2D eigenvalue weighted by Gasteiger charge is -2.32. The zero-order valence-corrected chi connectivity index (χ0v) is 17.2. The molecule has 0 unspecified atom stereocenters. The van der Waals surface area contributed by atoms with E-state index in [2.05, 4.69) is 34.4 Å². The SMILES string of the molecule is CCNC(=NCCCN(CC)CC)NC1CCN(S(=O)(=O)C(F)(F)F)CC1. The molecule has 1 heterocycles. The van der Waals surface area contributed by atoms with Crippen LogP contribution in [0.2, 0.25) is 0 Å². The van der Waals surface area contributed by atoms with Crippen LogP contribution in [0, 0.1) is 0 Å². The number of hydrogen-bond acceptors (Lipinski definition) is 4. The fraction of sp³-hybridized carbons (Fsp3) is 0.938. The van der Waals surface area contributed by atoms with Gasteiger partial charge in [-0.15, -0.1) is 0 Å². The zero-order chi connectivity index (χ0) is 20.5. The number of nitrogens with one attached hydrogen (secondary N) is 2. The van der Waals surface area contributed by atoms with E-state index in [0.29, 0.717) is 36.2 Å². The van der Waals surface area contributed by atoms with E-state index in [1.54, 1.807) is 0 Å². The van der Waals surface area contributed by atoms with E-state index < -0.39 is 15.5 Å². The maximum Gasteiger partial charge on any atom is 0.511 e. The van der Waals surface area contributed by atoms with Gasteiger partial charge >= 0.3 is 15.5 Å². The molecule has 2 N–H and O–H groups in total. The Bertz CT molecular complexity index is 557. The predicted octanol–water partition coefficient (Wildman–Crippen LogP) is 1.59. The van der Waals surface area contributed by atoms with Gasteiger partial charge in [0.25, 0.3) is 0 Å². The molecule has 0 bridgehead atoms. The second-order valence-corrected chi connectivity index (χ2v) is 8.34. The molecular weight excluding hydrogens is 383 g/mol. The van der Waals surface area contributed by atoms with Gasteiger partial charge in [-0.1, -0.05) is 13.8 Å². The molecule has 1 rings (SSSR count). The summed E-state index contributed by atoms with van der Waals surface area (Å²) in [5.74, 6) is 0.620. The molecule has 0 amide bonds. The summed E-state index contributed by atoms with van der Waals surface area (Å²) < 4.78 is 61.3. The minimum Gasteiger partial charge on any atom is -0.357 e. The number of halogens is 3. The molecule has 0 saturated carbocycles. The summed E-state index contributed by atoms with van der Waals surface area (Å²) in [7, 11) is -5.24. The molecular formula is C16H32F3N5O2S. The summed E-state index contributed by atoms with van der Waals surface area (Å²) in [4.78, 5) is 6.82. The molecule has 0 aromatic rings. The van der Waals surface area contributed by atoms with Gasteiger partial charge in [0.05, 0.1) is 0 Å². The van der Waals surface area contributed by atoms with Gasteiger partial charge in [-0.25, -0.2) is 8.42 Å². The average Bonchev–Trinajstić information content (AvgIpc) is 2.61. The van der Waals surface area contributed by atoms with E-state index in [9.17, 15) is 21.6 Å². The average molecular weight is 416 g/mol. The number of nitrogens with zero attached hydrogens (tertiary/aromatic N) is 3. The normalized spacial score (nSPS) is 18.1. The van der Waals surface area contributed by atoms with E-state index in [1.807, 2.05) is 6.92 Å². The van der Waals surface area contributed by atoms with Crippen molar-refractivity contribution in [3.8, 4) is 0 Å². The summed E-state index contributed by atoms with van der Waals surface area (Å²) >= 11 is 0. The van der Waals surface area contributed by atoms with Crippen LogP contribution < -0.4 is 10.6 Å². The maximum atomic E-state index is 12.6. The van der Waals surface area contributed by atoms with Crippen molar-refractivity contribution in [2.75, 3.05) is 45.8 Å². The van der Waals surface area contributed by atoms with E-state index in [0.717, 1.165) is 26.1 Å². The topological polar surface area (TPSA) is 77.0 Å². The highest BCUT2D eigenvalue weighted by molar-refractivity contribution is 7.90. The molecule has 0 aliphatic carbocycles. The van der Waals surface area contributed by atoms with Crippen LogP contribution in [0.3, 0.4) is 0 Å². The molecule has 1 saturated heterocycles. The first kappa shape index (κ1) is 24.0. The summed E-state index contributed by atoms with van der Waals surface area (Å²) in [5, 5.41) is 6.33. The first-order chi connectivity index (χ1) is 12.7. The second-order valence-electron chi connectivity index (χ2n) is 6.41. The fourth-order valence-electron chi connectivity index (χ4n) is 2.93. The van der Waals surface area contributed by atoms with Crippen molar-refractivity contribution < 1.29 is 21.6 Å². The molecule has 0 spiro atoms. The molecule has 160 valence electrons. The standard InChI is InChI=1S/C16H32F3N5O2S/c1-4-20-15(21-10-7-11-23(5-2)6-3)22-14-8-12-24(13-9-14)27(25,26)16(17,18)19/h14H,4-13H2,1-3H3,(H2,20,21,22). The van der Waals surface area contributed by atoms with Gasteiger partial charge in [-0.2, -0.15) is 17.5 Å². The number of rotatable bonds is 9. The van der Waals surface area contributed by atoms with Crippen LogP contribution in [0.1, 0.15) is 40.0 Å². The molecule has 0 aromatic heterocycles. The first-order valence-corrected chi connectivity index (χ1v) is 10.9. The molecule has 1 aliphatic heterocycles. The molecule has 0 radical (unpaired) electrons. The molecule has 0 atom stereocenters. The largest absolute Gasteiger partial charge is 0.511 e. The lowest BCUT2D eigenvalue weighted by atomic mass is 10.1. The summed E-state index contributed by atoms with van der Waals surface area (Å²) in [5.41, 5.74) is -5.24. The lowest BCUT2D eigenvalue weighted by Crippen LogP contribution is -2.51. The number of aliphatic imine (C=N–C) groups is 1. The third-order valence-corrected chi connectivity index (χ3v) is 6.20. The van der Waals surface area contributed by atoms with Crippen molar-refractivity contribution in [1.82, 2.24) is 19.8 Å². The molecule has 11 heteroatoms. The van der Waals surface area contributed by atoms with Gasteiger partial charge in [0.15, 0.2) is 5.96 Å². The maximum absolute atomic E-state index is 12.6. The Labute approximate surface area is 160 Å². The van der Waals surface area contributed by atoms with Crippen molar-refractivity contribution in [2.45, 2.75) is 51.6 Å². The zero-order valence-electron chi connectivity index (χ0n) is 16.3. The van der Waals surface area contributed by atoms with Gasteiger partial charge < -0.3 is 15.5 Å². The van der Waals surface area contributed by atoms with Crippen molar-refractivity contribution >= 4 is 16.0 Å². The van der Waals surface area contributed by atoms with Crippen LogP contribution in [-0.4, -0.2) is 80.9 Å². The summed E-state index contributed by atoms with van der Waals surface area (Å²) in [6, 6.07) is -0.106. The minimum absolute atomic E-state index is 0.106. The van der Waals surface area contributed by atoms with Crippen molar-refractivity contribution in [3.05, 3.63) is 0 Å². The van der Waals surface area contributed by atoms with Crippen molar-refractivity contribution in [2.24, 2.45) is 4.99 Å². The third-order valence-electron chi connectivity index (χ3n) is 4.57. The van der Waals surface area contributed by atoms with Gasteiger partial charge in [0.1, 0.15) is 0 Å². The van der Waals surface area contributed by atoms with E-state index in [4.69, 9.17) is 0 Å². The van der Waals surface area contributed by atoms with Gasteiger partial charge in [-0.3, -0.25) is 4.99 Å². The molecule has 1 aliphatic rings. The van der Waals surface area contributed by atoms with E-state index in [-0.39, 0.29) is 19.1 Å². The Hall–Kier alpha value is -1.07. The smallest absolute Gasteiger partial charge is 0.357 e. The van der Waals surface area contributed by atoms with Crippen LogP contribution in [0.5, 0.6) is 0 Å². The van der Waals surface area contributed by atoms with Crippen LogP contribution >= 0.6 is 0 Å². The third kappa shape index (κ3) is 7.46. The summed E-state index contributed by atoms with van der Waals surface area (Å²) in [6.07, 6.45) is 1.53. The van der Waals surface area contributed by atoms with Crippen LogP contribution in [0.4, 0.5) is 13.2 Å². The predicted molar refractivity (Wildman–Crippen MR) is 101 cm³/mol. The number of guanidine groups is 1. The van der Waals surface area contributed by atoms with Crippen molar-refractivity contribution in [3.63, 3.8) is 0 Å². The Morgan fingerprint density at radius 2 is 1.78 bits per heavy atom.